The quantitative estimate of drug-likeness (QED) is 0.887. The highest BCUT2D eigenvalue weighted by atomic mass is 19.2. The second-order valence-electron chi connectivity index (χ2n) is 4.99. The van der Waals surface area contributed by atoms with Gasteiger partial charge in [0.2, 0.25) is 0 Å². The van der Waals surface area contributed by atoms with Gasteiger partial charge in [-0.3, -0.25) is 4.79 Å². The van der Waals surface area contributed by atoms with Crippen molar-refractivity contribution in [2.45, 2.75) is 12.8 Å². The molecule has 1 heterocycles. The van der Waals surface area contributed by atoms with Crippen LogP contribution in [0.5, 0.6) is 0 Å². The van der Waals surface area contributed by atoms with Crippen LogP contribution in [0.15, 0.2) is 36.4 Å². The molecule has 0 saturated carbocycles. The van der Waals surface area contributed by atoms with Crippen molar-refractivity contribution in [1.82, 2.24) is 0 Å². The highest BCUT2D eigenvalue weighted by molar-refractivity contribution is 6.04. The molecule has 0 radical (unpaired) electrons. The number of benzene rings is 2. The Hall–Kier alpha value is -2.43. The third-order valence-corrected chi connectivity index (χ3v) is 3.48. The van der Waals surface area contributed by atoms with Crippen LogP contribution in [0.2, 0.25) is 0 Å². The minimum atomic E-state index is -1.03. The first-order valence-corrected chi connectivity index (χ1v) is 6.77. The summed E-state index contributed by atoms with van der Waals surface area (Å²) in [4.78, 5) is 12.0. The smallest absolute Gasteiger partial charge is 0.255 e. The average molecular weight is 288 g/mol. The van der Waals surface area contributed by atoms with E-state index in [0.717, 1.165) is 42.8 Å². The van der Waals surface area contributed by atoms with Crippen LogP contribution >= 0.6 is 0 Å². The van der Waals surface area contributed by atoms with Gasteiger partial charge in [-0.25, -0.2) is 8.78 Å². The van der Waals surface area contributed by atoms with Gasteiger partial charge in [0.05, 0.1) is 0 Å². The second-order valence-corrected chi connectivity index (χ2v) is 4.99. The molecule has 3 nitrogen and oxygen atoms in total. The maximum absolute atomic E-state index is 13.1. The molecule has 0 saturated heterocycles. The van der Waals surface area contributed by atoms with Crippen molar-refractivity contribution in [3.05, 3.63) is 59.2 Å². The highest BCUT2D eigenvalue weighted by Gasteiger charge is 2.12. The lowest BCUT2D eigenvalue weighted by molar-refractivity contribution is 0.102. The number of carbonyl (C=O) groups is 1. The molecule has 0 spiro atoms. The maximum atomic E-state index is 13.1. The molecule has 3 rings (SSSR count). The summed E-state index contributed by atoms with van der Waals surface area (Å²) in [5.74, 6) is -2.46. The molecule has 0 aliphatic carbocycles. The van der Waals surface area contributed by atoms with Crippen LogP contribution < -0.4 is 10.6 Å². The summed E-state index contributed by atoms with van der Waals surface area (Å²) < 4.78 is 26.0. The number of rotatable bonds is 2. The molecular weight excluding hydrogens is 274 g/mol. The minimum Gasteiger partial charge on any atom is -0.385 e. The summed E-state index contributed by atoms with van der Waals surface area (Å²) in [5, 5.41) is 5.98. The van der Waals surface area contributed by atoms with Crippen molar-refractivity contribution in [2.24, 2.45) is 0 Å². The van der Waals surface area contributed by atoms with Crippen LogP contribution in [-0.4, -0.2) is 12.5 Å². The molecule has 1 amide bonds. The van der Waals surface area contributed by atoms with E-state index in [0.29, 0.717) is 5.69 Å². The Balaban J connectivity index is 1.79. The molecule has 2 aromatic carbocycles. The number of nitrogens with one attached hydrogen (secondary N) is 2. The standard InChI is InChI=1S/C16H14F2N2O/c17-13-5-3-11(9-14(13)18)16(21)20-12-4-6-15-10(8-12)2-1-7-19-15/h3-6,8-9,19H,1-2,7H2,(H,20,21). The second kappa shape index (κ2) is 5.52. The van der Waals surface area contributed by atoms with E-state index < -0.39 is 17.5 Å². The minimum absolute atomic E-state index is 0.0877. The van der Waals surface area contributed by atoms with Crippen molar-refractivity contribution in [3.8, 4) is 0 Å². The predicted molar refractivity (Wildman–Crippen MR) is 77.6 cm³/mol. The Kier molecular flexibility index (Phi) is 3.56. The lowest BCUT2D eigenvalue weighted by Gasteiger charge is -2.18. The first-order valence-electron chi connectivity index (χ1n) is 6.77. The summed E-state index contributed by atoms with van der Waals surface area (Å²) in [6, 6.07) is 8.70. The van der Waals surface area contributed by atoms with E-state index in [9.17, 15) is 13.6 Å². The molecule has 1 aliphatic heterocycles. The Bertz CT molecular complexity index is 701. The Morgan fingerprint density at radius 3 is 2.76 bits per heavy atom. The Morgan fingerprint density at radius 2 is 1.95 bits per heavy atom. The predicted octanol–water partition coefficient (Wildman–Crippen LogP) is 3.58. The first-order chi connectivity index (χ1) is 10.1. The molecule has 21 heavy (non-hydrogen) atoms. The van der Waals surface area contributed by atoms with Gasteiger partial charge in [-0.2, -0.15) is 0 Å². The number of amides is 1. The number of hydrogen-bond acceptors (Lipinski definition) is 2. The van der Waals surface area contributed by atoms with Gasteiger partial charge in [0.25, 0.3) is 5.91 Å². The van der Waals surface area contributed by atoms with Crippen molar-refractivity contribution in [2.75, 3.05) is 17.2 Å². The zero-order chi connectivity index (χ0) is 14.8. The van der Waals surface area contributed by atoms with Gasteiger partial charge in [0, 0.05) is 23.5 Å². The third kappa shape index (κ3) is 2.86. The van der Waals surface area contributed by atoms with E-state index in [-0.39, 0.29) is 5.56 Å². The SMILES string of the molecule is O=C(Nc1ccc2c(c1)CCCN2)c1ccc(F)c(F)c1. The zero-order valence-electron chi connectivity index (χ0n) is 11.2. The maximum Gasteiger partial charge on any atom is 0.255 e. The van der Waals surface area contributed by atoms with E-state index in [1.165, 1.54) is 6.07 Å². The van der Waals surface area contributed by atoms with Gasteiger partial charge in [0.1, 0.15) is 0 Å². The molecule has 2 N–H and O–H groups in total. The lowest BCUT2D eigenvalue weighted by atomic mass is 10.0. The van der Waals surface area contributed by atoms with E-state index in [2.05, 4.69) is 10.6 Å². The molecule has 0 fully saturated rings. The third-order valence-electron chi connectivity index (χ3n) is 3.48. The van der Waals surface area contributed by atoms with Gasteiger partial charge in [-0.05, 0) is 54.8 Å². The number of anilines is 2. The fraction of sp³-hybridized carbons (Fsp3) is 0.188. The normalized spacial score (nSPS) is 13.2. The molecule has 108 valence electrons. The van der Waals surface area contributed by atoms with E-state index in [4.69, 9.17) is 0 Å². The summed E-state index contributed by atoms with van der Waals surface area (Å²) in [6.07, 6.45) is 2.00. The van der Waals surface area contributed by atoms with Crippen LogP contribution in [-0.2, 0) is 6.42 Å². The van der Waals surface area contributed by atoms with Crippen molar-refractivity contribution < 1.29 is 13.6 Å². The van der Waals surface area contributed by atoms with Crippen LogP contribution in [0, 0.1) is 11.6 Å². The first kappa shape index (κ1) is 13.5. The Labute approximate surface area is 121 Å². The fourth-order valence-electron chi connectivity index (χ4n) is 2.39. The number of halogens is 2. The summed E-state index contributed by atoms with van der Waals surface area (Å²) in [6.45, 7) is 0.952. The molecular formula is C16H14F2N2O. The van der Waals surface area contributed by atoms with E-state index >= 15 is 0 Å². The van der Waals surface area contributed by atoms with Crippen LogP contribution in [0.25, 0.3) is 0 Å². The van der Waals surface area contributed by atoms with E-state index in [1.807, 2.05) is 12.1 Å². The van der Waals surface area contributed by atoms with Crippen molar-refractivity contribution >= 4 is 17.3 Å². The van der Waals surface area contributed by atoms with Crippen LogP contribution in [0.3, 0.4) is 0 Å². The molecule has 2 aromatic rings. The van der Waals surface area contributed by atoms with Crippen LogP contribution in [0.1, 0.15) is 22.3 Å². The molecule has 0 unspecified atom stereocenters. The van der Waals surface area contributed by atoms with E-state index in [1.54, 1.807) is 6.07 Å². The topological polar surface area (TPSA) is 41.1 Å². The molecule has 1 aliphatic rings. The summed E-state index contributed by atoms with van der Waals surface area (Å²) in [5.41, 5.74) is 2.95. The van der Waals surface area contributed by atoms with Crippen molar-refractivity contribution in [3.63, 3.8) is 0 Å². The molecule has 0 bridgehead atoms. The van der Waals surface area contributed by atoms with Gasteiger partial charge in [-0.15, -0.1) is 0 Å². The summed E-state index contributed by atoms with van der Waals surface area (Å²) in [7, 11) is 0. The fourth-order valence-corrected chi connectivity index (χ4v) is 2.39. The average Bonchev–Trinajstić information content (AvgIpc) is 2.50. The van der Waals surface area contributed by atoms with Crippen LogP contribution in [0.4, 0.5) is 20.2 Å². The molecule has 0 atom stereocenters. The molecule has 5 heteroatoms. The zero-order valence-corrected chi connectivity index (χ0v) is 11.2. The Morgan fingerprint density at radius 1 is 1.10 bits per heavy atom. The van der Waals surface area contributed by atoms with Crippen molar-refractivity contribution in [1.29, 1.82) is 0 Å². The van der Waals surface area contributed by atoms with Gasteiger partial charge in [-0.1, -0.05) is 0 Å². The van der Waals surface area contributed by atoms with Gasteiger partial charge >= 0.3 is 0 Å². The van der Waals surface area contributed by atoms with Gasteiger partial charge in [0.15, 0.2) is 11.6 Å². The monoisotopic (exact) mass is 288 g/mol. The van der Waals surface area contributed by atoms with Gasteiger partial charge < -0.3 is 10.6 Å². The summed E-state index contributed by atoms with van der Waals surface area (Å²) >= 11 is 0. The number of aryl methyl sites for hydroxylation is 1. The number of hydrogen-bond donors (Lipinski definition) is 2. The molecule has 0 aromatic heterocycles. The lowest BCUT2D eigenvalue weighted by Crippen LogP contribution is -2.15. The number of carbonyl (C=O) groups excluding carboxylic acids is 1. The number of fused-ring (bicyclic) bond motifs is 1. The highest BCUT2D eigenvalue weighted by Crippen LogP contribution is 2.25. The largest absolute Gasteiger partial charge is 0.385 e.